The van der Waals surface area contributed by atoms with Crippen molar-refractivity contribution in [2.45, 2.75) is 32.8 Å². The molecule has 1 aromatic carbocycles. The standard InChI is InChI=1S/C12H16F2O/c1-3-8(4-2)12(15)9-6-5-7-10(13)11(9)14/h5-8,12,15H,3-4H2,1-2H3. The third-order valence-electron chi connectivity index (χ3n) is 2.80. The van der Waals surface area contributed by atoms with Crippen molar-refractivity contribution in [1.29, 1.82) is 0 Å². The van der Waals surface area contributed by atoms with Crippen LogP contribution in [0.5, 0.6) is 0 Å². The highest BCUT2D eigenvalue weighted by Gasteiger charge is 2.22. The smallest absolute Gasteiger partial charge is 0.164 e. The van der Waals surface area contributed by atoms with Gasteiger partial charge in [-0.3, -0.25) is 0 Å². The largest absolute Gasteiger partial charge is 0.388 e. The van der Waals surface area contributed by atoms with Crippen LogP contribution in [-0.2, 0) is 0 Å². The van der Waals surface area contributed by atoms with Crippen molar-refractivity contribution in [3.05, 3.63) is 35.4 Å². The quantitative estimate of drug-likeness (QED) is 0.814. The second kappa shape index (κ2) is 5.21. The molecule has 0 fully saturated rings. The zero-order chi connectivity index (χ0) is 11.4. The van der Waals surface area contributed by atoms with E-state index in [0.29, 0.717) is 0 Å². The van der Waals surface area contributed by atoms with Crippen molar-refractivity contribution in [2.75, 3.05) is 0 Å². The first kappa shape index (κ1) is 12.1. The van der Waals surface area contributed by atoms with Crippen LogP contribution in [0.2, 0.25) is 0 Å². The van der Waals surface area contributed by atoms with Gasteiger partial charge in [-0.25, -0.2) is 8.78 Å². The Balaban J connectivity index is 2.99. The van der Waals surface area contributed by atoms with Gasteiger partial charge in [-0.2, -0.15) is 0 Å². The molecule has 0 radical (unpaired) electrons. The van der Waals surface area contributed by atoms with Gasteiger partial charge in [0.05, 0.1) is 6.10 Å². The average molecular weight is 214 g/mol. The molecule has 1 rings (SSSR count). The highest BCUT2D eigenvalue weighted by Crippen LogP contribution is 2.29. The van der Waals surface area contributed by atoms with Crippen molar-refractivity contribution < 1.29 is 13.9 Å². The Kier molecular flexibility index (Phi) is 4.21. The Morgan fingerprint density at radius 3 is 2.33 bits per heavy atom. The summed E-state index contributed by atoms with van der Waals surface area (Å²) >= 11 is 0. The lowest BCUT2D eigenvalue weighted by atomic mass is 9.91. The fourth-order valence-electron chi connectivity index (χ4n) is 1.74. The molecule has 15 heavy (non-hydrogen) atoms. The van der Waals surface area contributed by atoms with Crippen molar-refractivity contribution >= 4 is 0 Å². The van der Waals surface area contributed by atoms with Crippen molar-refractivity contribution in [2.24, 2.45) is 5.92 Å². The first-order valence-electron chi connectivity index (χ1n) is 5.23. The number of hydrogen-bond donors (Lipinski definition) is 1. The molecule has 0 aliphatic rings. The molecular formula is C12H16F2O. The van der Waals surface area contributed by atoms with Gasteiger partial charge in [0.15, 0.2) is 11.6 Å². The van der Waals surface area contributed by atoms with Gasteiger partial charge in [0.2, 0.25) is 0 Å². The Morgan fingerprint density at radius 1 is 1.20 bits per heavy atom. The van der Waals surface area contributed by atoms with Gasteiger partial charge in [0, 0.05) is 5.56 Å². The van der Waals surface area contributed by atoms with E-state index in [1.807, 2.05) is 13.8 Å². The van der Waals surface area contributed by atoms with Gasteiger partial charge < -0.3 is 5.11 Å². The lowest BCUT2D eigenvalue weighted by molar-refractivity contribution is 0.0988. The number of rotatable bonds is 4. The maximum Gasteiger partial charge on any atom is 0.164 e. The van der Waals surface area contributed by atoms with E-state index in [4.69, 9.17) is 0 Å². The number of benzene rings is 1. The molecule has 3 heteroatoms. The highest BCUT2D eigenvalue weighted by molar-refractivity contribution is 5.21. The molecule has 0 saturated carbocycles. The maximum absolute atomic E-state index is 13.4. The van der Waals surface area contributed by atoms with Crippen LogP contribution in [0.4, 0.5) is 8.78 Å². The Bertz CT molecular complexity index is 321. The monoisotopic (exact) mass is 214 g/mol. The topological polar surface area (TPSA) is 20.2 Å². The summed E-state index contributed by atoms with van der Waals surface area (Å²) in [6.07, 6.45) is 0.567. The summed E-state index contributed by atoms with van der Waals surface area (Å²) in [5.74, 6) is -1.87. The van der Waals surface area contributed by atoms with E-state index in [-0.39, 0.29) is 11.5 Å². The molecule has 1 aromatic rings. The molecule has 1 atom stereocenters. The molecule has 0 aliphatic heterocycles. The fourth-order valence-corrected chi connectivity index (χ4v) is 1.74. The summed E-state index contributed by atoms with van der Waals surface area (Å²) in [6, 6.07) is 3.90. The predicted octanol–water partition coefficient (Wildman–Crippen LogP) is 3.43. The van der Waals surface area contributed by atoms with Gasteiger partial charge >= 0.3 is 0 Å². The average Bonchev–Trinajstić information content (AvgIpc) is 2.23. The van der Waals surface area contributed by atoms with Crippen LogP contribution in [0.3, 0.4) is 0 Å². The number of hydrogen-bond acceptors (Lipinski definition) is 1. The van der Waals surface area contributed by atoms with E-state index in [1.165, 1.54) is 12.1 Å². The van der Waals surface area contributed by atoms with Crippen LogP contribution >= 0.6 is 0 Å². The first-order valence-corrected chi connectivity index (χ1v) is 5.23. The third kappa shape index (κ3) is 2.53. The van der Waals surface area contributed by atoms with Gasteiger partial charge in [0.25, 0.3) is 0 Å². The van der Waals surface area contributed by atoms with Crippen molar-refractivity contribution in [1.82, 2.24) is 0 Å². The van der Waals surface area contributed by atoms with Crippen LogP contribution in [-0.4, -0.2) is 5.11 Å². The van der Waals surface area contributed by atoms with Gasteiger partial charge in [-0.05, 0) is 12.0 Å². The van der Waals surface area contributed by atoms with Crippen LogP contribution in [0.15, 0.2) is 18.2 Å². The second-order valence-electron chi connectivity index (χ2n) is 3.66. The lowest BCUT2D eigenvalue weighted by Gasteiger charge is -2.20. The summed E-state index contributed by atoms with van der Waals surface area (Å²) in [5.41, 5.74) is 0.0590. The van der Waals surface area contributed by atoms with Crippen LogP contribution in [0.25, 0.3) is 0 Å². The van der Waals surface area contributed by atoms with Gasteiger partial charge in [-0.1, -0.05) is 38.8 Å². The maximum atomic E-state index is 13.4. The fraction of sp³-hybridized carbons (Fsp3) is 0.500. The minimum Gasteiger partial charge on any atom is -0.388 e. The minimum atomic E-state index is -0.933. The SMILES string of the molecule is CCC(CC)C(O)c1cccc(F)c1F. The Morgan fingerprint density at radius 2 is 1.80 bits per heavy atom. The first-order chi connectivity index (χ1) is 7.11. The molecule has 0 aromatic heterocycles. The Hall–Kier alpha value is -0.960. The summed E-state index contributed by atoms with van der Waals surface area (Å²) in [6.45, 7) is 3.85. The van der Waals surface area contributed by atoms with Crippen LogP contribution in [0, 0.1) is 17.6 Å². The van der Waals surface area contributed by atoms with Gasteiger partial charge in [0.1, 0.15) is 0 Å². The molecule has 1 unspecified atom stereocenters. The molecule has 0 spiro atoms. The molecule has 0 heterocycles. The zero-order valence-corrected chi connectivity index (χ0v) is 9.00. The van der Waals surface area contributed by atoms with Crippen LogP contribution in [0.1, 0.15) is 38.4 Å². The lowest BCUT2D eigenvalue weighted by Crippen LogP contribution is -2.13. The molecular weight excluding hydrogens is 198 g/mol. The summed E-state index contributed by atoms with van der Waals surface area (Å²) in [5, 5.41) is 9.88. The van der Waals surface area contributed by atoms with Crippen LogP contribution < -0.4 is 0 Å². The second-order valence-corrected chi connectivity index (χ2v) is 3.66. The van der Waals surface area contributed by atoms with E-state index in [0.717, 1.165) is 18.9 Å². The summed E-state index contributed by atoms with van der Waals surface area (Å²) < 4.78 is 26.3. The molecule has 84 valence electrons. The van der Waals surface area contributed by atoms with E-state index >= 15 is 0 Å². The van der Waals surface area contributed by atoms with E-state index in [2.05, 4.69) is 0 Å². The molecule has 0 amide bonds. The van der Waals surface area contributed by atoms with E-state index in [1.54, 1.807) is 0 Å². The number of halogens is 2. The van der Waals surface area contributed by atoms with Crippen molar-refractivity contribution in [3.8, 4) is 0 Å². The Labute approximate surface area is 88.7 Å². The molecule has 0 saturated heterocycles. The molecule has 1 nitrogen and oxygen atoms in total. The third-order valence-corrected chi connectivity index (χ3v) is 2.80. The minimum absolute atomic E-state index is 0.0266. The zero-order valence-electron chi connectivity index (χ0n) is 9.00. The molecule has 0 bridgehead atoms. The van der Waals surface area contributed by atoms with Crippen molar-refractivity contribution in [3.63, 3.8) is 0 Å². The van der Waals surface area contributed by atoms with E-state index < -0.39 is 17.7 Å². The number of aliphatic hydroxyl groups excluding tert-OH is 1. The highest BCUT2D eigenvalue weighted by atomic mass is 19.2. The molecule has 1 N–H and O–H groups in total. The van der Waals surface area contributed by atoms with E-state index in [9.17, 15) is 13.9 Å². The predicted molar refractivity (Wildman–Crippen MR) is 55.4 cm³/mol. The normalized spacial score (nSPS) is 13.2. The molecule has 0 aliphatic carbocycles. The number of aliphatic hydroxyl groups is 1. The summed E-state index contributed by atoms with van der Waals surface area (Å²) in [7, 11) is 0. The summed E-state index contributed by atoms with van der Waals surface area (Å²) in [4.78, 5) is 0. The van der Waals surface area contributed by atoms with Gasteiger partial charge in [-0.15, -0.1) is 0 Å².